The van der Waals surface area contributed by atoms with Gasteiger partial charge in [0.15, 0.2) is 5.65 Å². The Kier molecular flexibility index (Phi) is 4.96. The van der Waals surface area contributed by atoms with E-state index in [-0.39, 0.29) is 5.69 Å². The Morgan fingerprint density at radius 2 is 1.82 bits per heavy atom. The SMILES string of the molecule is Cc1c(Cc2ccccc2)c(Nc2cccc([N+](=O)[O-])c2)n2c(nc3ccccc32)c1C#N. The first-order chi connectivity index (χ1) is 16.1. The molecule has 5 rings (SSSR count). The van der Waals surface area contributed by atoms with E-state index in [1.165, 1.54) is 12.1 Å². The Balaban J connectivity index is 1.82. The number of fused-ring (bicyclic) bond motifs is 3. The zero-order valence-electron chi connectivity index (χ0n) is 17.8. The van der Waals surface area contributed by atoms with Gasteiger partial charge in [0.25, 0.3) is 5.69 Å². The number of rotatable bonds is 5. The van der Waals surface area contributed by atoms with Crippen LogP contribution in [0.4, 0.5) is 17.2 Å². The van der Waals surface area contributed by atoms with Gasteiger partial charge in [-0.3, -0.25) is 14.5 Å². The maximum absolute atomic E-state index is 11.3. The number of anilines is 2. The smallest absolute Gasteiger partial charge is 0.271 e. The highest BCUT2D eigenvalue weighted by atomic mass is 16.6. The molecule has 0 unspecified atom stereocenters. The van der Waals surface area contributed by atoms with Crippen molar-refractivity contribution in [3.05, 3.63) is 111 Å². The quantitative estimate of drug-likeness (QED) is 0.274. The fourth-order valence-electron chi connectivity index (χ4n) is 4.17. The fourth-order valence-corrected chi connectivity index (χ4v) is 4.17. The molecule has 0 spiro atoms. The highest BCUT2D eigenvalue weighted by Gasteiger charge is 2.21. The Morgan fingerprint density at radius 1 is 1.06 bits per heavy atom. The molecule has 1 N–H and O–H groups in total. The maximum atomic E-state index is 11.3. The first kappa shape index (κ1) is 20.2. The van der Waals surface area contributed by atoms with Gasteiger partial charge in [0.2, 0.25) is 0 Å². The van der Waals surface area contributed by atoms with Crippen molar-refractivity contribution in [2.75, 3.05) is 5.32 Å². The molecule has 0 radical (unpaired) electrons. The number of hydrogen-bond acceptors (Lipinski definition) is 5. The van der Waals surface area contributed by atoms with Gasteiger partial charge in [-0.05, 0) is 36.2 Å². The van der Waals surface area contributed by atoms with Crippen molar-refractivity contribution in [2.24, 2.45) is 0 Å². The van der Waals surface area contributed by atoms with E-state index >= 15 is 0 Å². The lowest BCUT2D eigenvalue weighted by atomic mass is 9.97. The van der Waals surface area contributed by atoms with Crippen LogP contribution in [-0.2, 0) is 6.42 Å². The van der Waals surface area contributed by atoms with Crippen LogP contribution in [0.5, 0.6) is 0 Å². The standard InChI is InChI=1S/C26H19N5O2/c1-17-21(14-18-8-3-2-4-9-18)25(28-19-10-7-11-20(15-19)31(32)33)30-24-13-6-5-12-23(24)29-26(30)22(17)16-27/h2-13,15,28H,14H2,1H3. The van der Waals surface area contributed by atoms with Crippen LogP contribution < -0.4 is 5.32 Å². The Morgan fingerprint density at radius 3 is 2.58 bits per heavy atom. The third kappa shape index (κ3) is 3.54. The van der Waals surface area contributed by atoms with Crippen molar-refractivity contribution in [1.82, 2.24) is 9.38 Å². The van der Waals surface area contributed by atoms with Crippen molar-refractivity contribution in [2.45, 2.75) is 13.3 Å². The topological polar surface area (TPSA) is 96.3 Å². The second kappa shape index (κ2) is 8.09. The molecule has 0 aliphatic rings. The molecule has 7 heteroatoms. The molecule has 0 atom stereocenters. The molecule has 0 bridgehead atoms. The minimum absolute atomic E-state index is 0.00158. The molecule has 0 amide bonds. The van der Waals surface area contributed by atoms with E-state index in [1.54, 1.807) is 12.1 Å². The Bertz CT molecular complexity index is 1570. The zero-order chi connectivity index (χ0) is 22.9. The van der Waals surface area contributed by atoms with Crippen LogP contribution in [-0.4, -0.2) is 14.3 Å². The lowest BCUT2D eigenvalue weighted by molar-refractivity contribution is -0.384. The van der Waals surface area contributed by atoms with Crippen LogP contribution >= 0.6 is 0 Å². The lowest BCUT2D eigenvalue weighted by Crippen LogP contribution is -2.09. The summed E-state index contributed by atoms with van der Waals surface area (Å²) in [6.07, 6.45) is 0.584. The summed E-state index contributed by atoms with van der Waals surface area (Å²) >= 11 is 0. The molecule has 3 aromatic carbocycles. The van der Waals surface area contributed by atoms with Gasteiger partial charge in [0, 0.05) is 29.8 Å². The minimum atomic E-state index is -0.414. The van der Waals surface area contributed by atoms with Crippen LogP contribution in [0.1, 0.15) is 22.3 Å². The number of nitro benzene ring substituents is 1. The summed E-state index contributed by atoms with van der Waals surface area (Å²) in [5.74, 6) is 0.736. The first-order valence-corrected chi connectivity index (χ1v) is 10.4. The van der Waals surface area contributed by atoms with Crippen LogP contribution in [0.15, 0.2) is 78.9 Å². The van der Waals surface area contributed by atoms with E-state index < -0.39 is 4.92 Å². The van der Waals surface area contributed by atoms with Gasteiger partial charge in [-0.15, -0.1) is 0 Å². The number of benzene rings is 3. The summed E-state index contributed by atoms with van der Waals surface area (Å²) < 4.78 is 1.94. The molecule has 0 saturated carbocycles. The number of aromatic nitrogens is 2. The molecule has 0 aliphatic heterocycles. The zero-order valence-corrected chi connectivity index (χ0v) is 17.8. The second-order valence-corrected chi connectivity index (χ2v) is 7.79. The highest BCUT2D eigenvalue weighted by molar-refractivity contribution is 5.87. The van der Waals surface area contributed by atoms with Gasteiger partial charge in [-0.1, -0.05) is 48.5 Å². The van der Waals surface area contributed by atoms with Crippen molar-refractivity contribution in [3.8, 4) is 6.07 Å². The average molecular weight is 433 g/mol. The molecular weight excluding hydrogens is 414 g/mol. The van der Waals surface area contributed by atoms with Crippen molar-refractivity contribution in [3.63, 3.8) is 0 Å². The van der Waals surface area contributed by atoms with E-state index in [1.807, 2.05) is 65.9 Å². The fraction of sp³-hybridized carbons (Fsp3) is 0.0769. The van der Waals surface area contributed by atoms with Crippen molar-refractivity contribution >= 4 is 33.9 Å². The number of hydrogen-bond donors (Lipinski definition) is 1. The normalized spacial score (nSPS) is 10.9. The van der Waals surface area contributed by atoms with Gasteiger partial charge >= 0.3 is 0 Å². The van der Waals surface area contributed by atoms with Gasteiger partial charge in [0.05, 0.1) is 21.5 Å². The van der Waals surface area contributed by atoms with Crippen LogP contribution in [0, 0.1) is 28.4 Å². The maximum Gasteiger partial charge on any atom is 0.271 e. The number of para-hydroxylation sites is 2. The summed E-state index contributed by atoms with van der Waals surface area (Å²) in [5.41, 5.74) is 6.14. The number of pyridine rings is 1. The number of nitriles is 1. The number of nitrogens with one attached hydrogen (secondary N) is 1. The van der Waals surface area contributed by atoms with Crippen LogP contribution in [0.2, 0.25) is 0 Å². The predicted molar refractivity (Wildman–Crippen MR) is 128 cm³/mol. The van der Waals surface area contributed by atoms with Crippen LogP contribution in [0.25, 0.3) is 16.7 Å². The van der Waals surface area contributed by atoms with Crippen LogP contribution in [0.3, 0.4) is 0 Å². The van der Waals surface area contributed by atoms with E-state index in [2.05, 4.69) is 11.4 Å². The van der Waals surface area contributed by atoms with E-state index in [0.29, 0.717) is 23.3 Å². The number of nitrogens with zero attached hydrogens (tertiary/aromatic N) is 4. The highest BCUT2D eigenvalue weighted by Crippen LogP contribution is 2.34. The van der Waals surface area contributed by atoms with Gasteiger partial charge in [0.1, 0.15) is 11.9 Å². The largest absolute Gasteiger partial charge is 0.341 e. The molecule has 33 heavy (non-hydrogen) atoms. The van der Waals surface area contributed by atoms with Gasteiger partial charge in [-0.2, -0.15) is 5.26 Å². The predicted octanol–water partition coefficient (Wildman–Crippen LogP) is 5.91. The molecular formula is C26H19N5O2. The summed E-state index contributed by atoms with van der Waals surface area (Å²) in [7, 11) is 0. The van der Waals surface area contributed by atoms with Gasteiger partial charge in [-0.25, -0.2) is 4.98 Å². The second-order valence-electron chi connectivity index (χ2n) is 7.79. The number of imidazole rings is 1. The van der Waals surface area contributed by atoms with E-state index in [4.69, 9.17) is 4.98 Å². The molecule has 0 fully saturated rings. The molecule has 2 aromatic heterocycles. The molecule has 7 nitrogen and oxygen atoms in total. The summed E-state index contributed by atoms with van der Waals surface area (Å²) in [6, 6.07) is 26.5. The third-order valence-electron chi connectivity index (χ3n) is 5.78. The number of nitro groups is 1. The monoisotopic (exact) mass is 433 g/mol. The third-order valence-corrected chi connectivity index (χ3v) is 5.78. The Hall–Kier alpha value is -4.70. The molecule has 2 heterocycles. The van der Waals surface area contributed by atoms with Crippen molar-refractivity contribution in [1.29, 1.82) is 5.26 Å². The van der Waals surface area contributed by atoms with Crippen molar-refractivity contribution < 1.29 is 4.92 Å². The average Bonchev–Trinajstić information content (AvgIpc) is 3.21. The molecule has 5 aromatic rings. The number of non-ortho nitro benzene ring substituents is 1. The summed E-state index contributed by atoms with van der Waals surface area (Å²) in [6.45, 7) is 1.93. The van der Waals surface area contributed by atoms with Gasteiger partial charge < -0.3 is 5.32 Å². The Labute approximate surface area is 189 Å². The van der Waals surface area contributed by atoms with E-state index in [9.17, 15) is 15.4 Å². The molecule has 0 saturated heterocycles. The first-order valence-electron chi connectivity index (χ1n) is 10.4. The summed E-state index contributed by atoms with van der Waals surface area (Å²) in [5, 5.41) is 24.7. The molecule has 160 valence electrons. The molecule has 0 aliphatic carbocycles. The van der Waals surface area contributed by atoms with E-state index in [0.717, 1.165) is 33.5 Å². The lowest BCUT2D eigenvalue weighted by Gasteiger charge is -2.19. The minimum Gasteiger partial charge on any atom is -0.341 e. The summed E-state index contributed by atoms with van der Waals surface area (Å²) in [4.78, 5) is 15.6.